The molecule has 1 aromatic carbocycles. The van der Waals surface area contributed by atoms with E-state index in [-0.39, 0.29) is 18.4 Å². The number of carbonyl (C=O) groups is 1. The maximum Gasteiger partial charge on any atom is 0.319 e. The van der Waals surface area contributed by atoms with Crippen molar-refractivity contribution in [3.8, 4) is 0 Å². The molecule has 6 heteroatoms. The maximum atomic E-state index is 12.7. The summed E-state index contributed by atoms with van der Waals surface area (Å²) < 4.78 is 12.7. The van der Waals surface area contributed by atoms with Gasteiger partial charge in [0.1, 0.15) is 5.82 Å². The van der Waals surface area contributed by atoms with Gasteiger partial charge in [-0.25, -0.2) is 9.18 Å². The summed E-state index contributed by atoms with van der Waals surface area (Å²) in [5.41, 5.74) is 0.554. The van der Waals surface area contributed by atoms with Crippen molar-refractivity contribution in [2.24, 2.45) is 0 Å². The third kappa shape index (κ3) is 4.04. The third-order valence-electron chi connectivity index (χ3n) is 2.69. The second-order valence-corrected chi connectivity index (χ2v) is 5.60. The molecular formula is C14H15FN2O2S. The van der Waals surface area contributed by atoms with E-state index in [1.807, 2.05) is 19.1 Å². The lowest BCUT2D eigenvalue weighted by molar-refractivity contribution is 0.175. The lowest BCUT2D eigenvalue weighted by atomic mass is 10.1. The molecule has 0 saturated carbocycles. The summed E-state index contributed by atoms with van der Waals surface area (Å²) in [6.45, 7) is 2.01. The molecule has 2 rings (SSSR count). The molecule has 3 N–H and O–H groups in total. The molecule has 1 heterocycles. The zero-order valence-corrected chi connectivity index (χ0v) is 11.7. The van der Waals surface area contributed by atoms with E-state index in [1.54, 1.807) is 0 Å². The van der Waals surface area contributed by atoms with Crippen LogP contribution in [0.25, 0.3) is 0 Å². The molecule has 0 radical (unpaired) electrons. The van der Waals surface area contributed by atoms with E-state index in [9.17, 15) is 14.3 Å². The summed E-state index contributed by atoms with van der Waals surface area (Å²) in [6.07, 6.45) is -0.869. The minimum absolute atomic E-state index is 0.0574. The third-order valence-corrected chi connectivity index (χ3v) is 3.60. The van der Waals surface area contributed by atoms with Crippen LogP contribution in [0, 0.1) is 12.7 Å². The number of benzene rings is 1. The Balaban J connectivity index is 1.82. The van der Waals surface area contributed by atoms with Crippen molar-refractivity contribution < 1.29 is 14.3 Å². The van der Waals surface area contributed by atoms with Crippen LogP contribution in [0.3, 0.4) is 0 Å². The monoisotopic (exact) mass is 294 g/mol. The van der Waals surface area contributed by atoms with E-state index in [0.717, 1.165) is 9.88 Å². The molecule has 0 aliphatic rings. The first-order valence-electron chi connectivity index (χ1n) is 6.09. The number of amides is 2. The average Bonchev–Trinajstić information content (AvgIpc) is 2.82. The summed E-state index contributed by atoms with van der Waals surface area (Å²) >= 11 is 1.47. The van der Waals surface area contributed by atoms with Crippen LogP contribution in [-0.4, -0.2) is 17.7 Å². The van der Waals surface area contributed by atoms with Gasteiger partial charge in [0.25, 0.3) is 0 Å². The number of aliphatic hydroxyl groups excluding tert-OH is 1. The van der Waals surface area contributed by atoms with Crippen LogP contribution in [0.1, 0.15) is 16.5 Å². The van der Waals surface area contributed by atoms with E-state index >= 15 is 0 Å². The summed E-state index contributed by atoms with van der Waals surface area (Å²) in [4.78, 5) is 12.7. The van der Waals surface area contributed by atoms with Crippen molar-refractivity contribution in [1.82, 2.24) is 5.32 Å². The molecule has 4 nitrogen and oxygen atoms in total. The maximum absolute atomic E-state index is 12.7. The quantitative estimate of drug-likeness (QED) is 0.811. The molecule has 0 bridgehead atoms. The van der Waals surface area contributed by atoms with Crippen LogP contribution in [0.2, 0.25) is 0 Å². The first-order chi connectivity index (χ1) is 9.54. The van der Waals surface area contributed by atoms with Gasteiger partial charge in [-0.1, -0.05) is 12.1 Å². The van der Waals surface area contributed by atoms with Gasteiger partial charge in [0.2, 0.25) is 0 Å². The Morgan fingerprint density at radius 3 is 2.60 bits per heavy atom. The summed E-state index contributed by atoms with van der Waals surface area (Å²) in [5, 5.41) is 15.9. The van der Waals surface area contributed by atoms with Gasteiger partial charge in [0.05, 0.1) is 11.1 Å². The summed E-state index contributed by atoms with van der Waals surface area (Å²) in [5.74, 6) is -0.361. The lowest BCUT2D eigenvalue weighted by Gasteiger charge is -2.12. The largest absolute Gasteiger partial charge is 0.387 e. The van der Waals surface area contributed by atoms with Gasteiger partial charge in [0.15, 0.2) is 0 Å². The fourth-order valence-electron chi connectivity index (χ4n) is 1.65. The Morgan fingerprint density at radius 2 is 2.00 bits per heavy atom. The molecule has 2 aromatic rings. The van der Waals surface area contributed by atoms with Crippen LogP contribution < -0.4 is 10.6 Å². The number of carbonyl (C=O) groups excluding carboxylic acids is 1. The van der Waals surface area contributed by atoms with Crippen LogP contribution in [0.4, 0.5) is 14.2 Å². The number of hydrogen-bond donors (Lipinski definition) is 3. The smallest absolute Gasteiger partial charge is 0.319 e. The normalized spacial score (nSPS) is 11.9. The number of hydrogen-bond acceptors (Lipinski definition) is 3. The van der Waals surface area contributed by atoms with Crippen molar-refractivity contribution in [3.05, 3.63) is 52.7 Å². The topological polar surface area (TPSA) is 61.4 Å². The molecule has 0 spiro atoms. The number of rotatable bonds is 4. The highest BCUT2D eigenvalue weighted by atomic mass is 32.1. The predicted octanol–water partition coefficient (Wildman–Crippen LogP) is 3.05. The van der Waals surface area contributed by atoms with Gasteiger partial charge >= 0.3 is 6.03 Å². The van der Waals surface area contributed by atoms with E-state index in [0.29, 0.717) is 5.56 Å². The predicted molar refractivity (Wildman–Crippen MR) is 77.4 cm³/mol. The number of urea groups is 1. The standard InChI is InChI=1S/C14H15FN2O2S/c1-9-2-7-13(20-9)17-14(19)16-8-12(18)10-3-5-11(15)6-4-10/h2-7,12,18H,8H2,1H3,(H2,16,17,19). The number of anilines is 1. The molecule has 1 atom stereocenters. The molecule has 0 saturated heterocycles. The first-order valence-corrected chi connectivity index (χ1v) is 6.91. The Hall–Kier alpha value is -1.92. The second kappa shape index (κ2) is 6.49. The highest BCUT2D eigenvalue weighted by Gasteiger charge is 2.10. The SMILES string of the molecule is Cc1ccc(NC(=O)NCC(O)c2ccc(F)cc2)s1. The summed E-state index contributed by atoms with van der Waals surface area (Å²) in [6, 6.07) is 8.86. The molecule has 20 heavy (non-hydrogen) atoms. The van der Waals surface area contributed by atoms with Crippen molar-refractivity contribution in [3.63, 3.8) is 0 Å². The molecule has 1 aromatic heterocycles. The Kier molecular flexibility index (Phi) is 4.70. The van der Waals surface area contributed by atoms with Crippen LogP contribution >= 0.6 is 11.3 Å². The minimum Gasteiger partial charge on any atom is -0.387 e. The van der Waals surface area contributed by atoms with Gasteiger partial charge < -0.3 is 10.4 Å². The molecule has 1 unspecified atom stereocenters. The van der Waals surface area contributed by atoms with Gasteiger partial charge in [-0.2, -0.15) is 0 Å². The van der Waals surface area contributed by atoms with E-state index in [1.165, 1.54) is 35.6 Å². The fraction of sp³-hybridized carbons (Fsp3) is 0.214. The number of aliphatic hydroxyl groups is 1. The average molecular weight is 294 g/mol. The lowest BCUT2D eigenvalue weighted by Crippen LogP contribution is -2.32. The molecule has 0 aliphatic carbocycles. The zero-order chi connectivity index (χ0) is 14.5. The number of halogens is 1. The van der Waals surface area contributed by atoms with Gasteiger partial charge in [-0.05, 0) is 36.8 Å². The van der Waals surface area contributed by atoms with Crippen molar-refractivity contribution in [2.75, 3.05) is 11.9 Å². The number of thiophene rings is 1. The molecular weight excluding hydrogens is 279 g/mol. The Bertz CT molecular complexity index is 583. The zero-order valence-electron chi connectivity index (χ0n) is 10.9. The number of aryl methyl sites for hydroxylation is 1. The van der Waals surface area contributed by atoms with Gasteiger partial charge in [-0.15, -0.1) is 11.3 Å². The molecule has 106 valence electrons. The van der Waals surface area contributed by atoms with Crippen molar-refractivity contribution >= 4 is 22.4 Å². The summed E-state index contributed by atoms with van der Waals surface area (Å²) in [7, 11) is 0. The van der Waals surface area contributed by atoms with Gasteiger partial charge in [0, 0.05) is 11.4 Å². The highest BCUT2D eigenvalue weighted by molar-refractivity contribution is 7.16. The molecule has 0 aliphatic heterocycles. The van der Waals surface area contributed by atoms with E-state index < -0.39 is 6.10 Å². The second-order valence-electron chi connectivity index (χ2n) is 4.31. The highest BCUT2D eigenvalue weighted by Crippen LogP contribution is 2.20. The van der Waals surface area contributed by atoms with Crippen LogP contribution in [0.15, 0.2) is 36.4 Å². The van der Waals surface area contributed by atoms with Gasteiger partial charge in [-0.3, -0.25) is 5.32 Å². The van der Waals surface area contributed by atoms with E-state index in [4.69, 9.17) is 0 Å². The van der Waals surface area contributed by atoms with E-state index in [2.05, 4.69) is 10.6 Å². The Labute approximate surface area is 120 Å². The molecule has 0 fully saturated rings. The minimum atomic E-state index is -0.869. The Morgan fingerprint density at radius 1 is 1.30 bits per heavy atom. The fourth-order valence-corrected chi connectivity index (χ4v) is 2.41. The van der Waals surface area contributed by atoms with Crippen molar-refractivity contribution in [2.45, 2.75) is 13.0 Å². The first kappa shape index (κ1) is 14.5. The number of nitrogens with one attached hydrogen (secondary N) is 2. The van der Waals surface area contributed by atoms with Crippen LogP contribution in [0.5, 0.6) is 0 Å². The van der Waals surface area contributed by atoms with Crippen molar-refractivity contribution in [1.29, 1.82) is 0 Å². The molecule has 2 amide bonds. The van der Waals surface area contributed by atoms with Crippen LogP contribution in [-0.2, 0) is 0 Å².